The normalized spacial score (nSPS) is 19.3. The molecule has 2 fully saturated rings. The zero-order valence-electron chi connectivity index (χ0n) is 15.7. The van der Waals surface area contributed by atoms with Gasteiger partial charge in [0.25, 0.3) is 0 Å². The van der Waals surface area contributed by atoms with Crippen molar-refractivity contribution in [1.29, 1.82) is 0 Å². The molecule has 3 heterocycles. The third-order valence-corrected chi connectivity index (χ3v) is 5.28. The molecule has 9 nitrogen and oxygen atoms in total. The number of urea groups is 1. The van der Waals surface area contributed by atoms with Crippen molar-refractivity contribution in [2.45, 2.75) is 19.4 Å². The second-order valence-corrected chi connectivity index (χ2v) is 7.15. The van der Waals surface area contributed by atoms with E-state index in [1.54, 1.807) is 0 Å². The fraction of sp³-hybridized carbons (Fsp3) is 0.526. The van der Waals surface area contributed by atoms with Crippen LogP contribution < -0.4 is 14.8 Å². The molecule has 3 aliphatic rings. The van der Waals surface area contributed by atoms with Gasteiger partial charge in [-0.3, -0.25) is 19.4 Å². The predicted octanol–water partition coefficient (Wildman–Crippen LogP) is 0.392. The second-order valence-electron chi connectivity index (χ2n) is 7.15. The van der Waals surface area contributed by atoms with Crippen LogP contribution >= 0.6 is 0 Å². The second kappa shape index (κ2) is 8.05. The van der Waals surface area contributed by atoms with Crippen LogP contribution in [0.1, 0.15) is 18.4 Å². The number of amides is 4. The number of nitrogens with one attached hydrogen (secondary N) is 1. The summed E-state index contributed by atoms with van der Waals surface area (Å²) >= 11 is 0. The summed E-state index contributed by atoms with van der Waals surface area (Å²) in [7, 11) is 0. The maximum absolute atomic E-state index is 12.4. The lowest BCUT2D eigenvalue weighted by atomic mass is 10.1. The lowest BCUT2D eigenvalue weighted by Crippen LogP contribution is -2.48. The Balaban J connectivity index is 1.19. The topological polar surface area (TPSA) is 91.4 Å². The summed E-state index contributed by atoms with van der Waals surface area (Å²) in [6.45, 7) is 4.43. The highest BCUT2D eigenvalue weighted by Gasteiger charge is 2.28. The van der Waals surface area contributed by atoms with Gasteiger partial charge in [0.05, 0.1) is 6.54 Å². The zero-order chi connectivity index (χ0) is 19.5. The van der Waals surface area contributed by atoms with Crippen molar-refractivity contribution in [3.63, 3.8) is 0 Å². The van der Waals surface area contributed by atoms with E-state index in [1.165, 1.54) is 4.90 Å². The monoisotopic (exact) mass is 388 g/mol. The van der Waals surface area contributed by atoms with Gasteiger partial charge >= 0.3 is 6.03 Å². The number of ether oxygens (including phenoxy) is 2. The first-order valence-electron chi connectivity index (χ1n) is 9.57. The Morgan fingerprint density at radius 2 is 1.86 bits per heavy atom. The van der Waals surface area contributed by atoms with Crippen molar-refractivity contribution in [1.82, 2.24) is 20.0 Å². The van der Waals surface area contributed by atoms with Gasteiger partial charge < -0.3 is 19.7 Å². The number of carbonyl (C=O) groups is 3. The van der Waals surface area contributed by atoms with Crippen LogP contribution in [-0.4, -0.2) is 78.6 Å². The lowest BCUT2D eigenvalue weighted by molar-refractivity contribution is -0.133. The van der Waals surface area contributed by atoms with Gasteiger partial charge in [-0.25, -0.2) is 4.79 Å². The minimum absolute atomic E-state index is 0.0537. The third kappa shape index (κ3) is 4.04. The number of rotatable bonds is 6. The Kier molecular flexibility index (Phi) is 5.34. The summed E-state index contributed by atoms with van der Waals surface area (Å²) in [6.07, 6.45) is 0.842. The average Bonchev–Trinajstić information content (AvgIpc) is 3.29. The molecule has 0 spiro atoms. The number of imide groups is 1. The molecule has 150 valence electrons. The van der Waals surface area contributed by atoms with E-state index in [4.69, 9.17) is 9.47 Å². The first-order valence-corrected chi connectivity index (χ1v) is 9.57. The van der Waals surface area contributed by atoms with Gasteiger partial charge in [-0.1, -0.05) is 6.07 Å². The summed E-state index contributed by atoms with van der Waals surface area (Å²) in [6, 6.07) is 5.62. The highest BCUT2D eigenvalue weighted by atomic mass is 16.7. The van der Waals surface area contributed by atoms with E-state index in [1.807, 2.05) is 23.1 Å². The van der Waals surface area contributed by atoms with E-state index < -0.39 is 0 Å². The molecule has 4 rings (SSSR count). The number of carbonyl (C=O) groups excluding carboxylic acids is 3. The van der Waals surface area contributed by atoms with Crippen LogP contribution in [0.4, 0.5) is 4.79 Å². The maximum atomic E-state index is 12.4. The maximum Gasteiger partial charge on any atom is 0.324 e. The quantitative estimate of drug-likeness (QED) is 0.709. The summed E-state index contributed by atoms with van der Waals surface area (Å²) in [5.74, 6) is 1.42. The summed E-state index contributed by atoms with van der Waals surface area (Å²) in [4.78, 5) is 40.8. The summed E-state index contributed by atoms with van der Waals surface area (Å²) in [5.41, 5.74) is 1.16. The van der Waals surface area contributed by atoms with Gasteiger partial charge in [-0.2, -0.15) is 0 Å². The van der Waals surface area contributed by atoms with Gasteiger partial charge in [-0.05, 0) is 24.1 Å². The molecule has 3 aliphatic heterocycles. The Hall–Kier alpha value is -2.81. The van der Waals surface area contributed by atoms with Gasteiger partial charge in [0.2, 0.25) is 18.6 Å². The van der Waals surface area contributed by atoms with E-state index in [-0.39, 0.29) is 31.2 Å². The Bertz CT molecular complexity index is 760. The van der Waals surface area contributed by atoms with E-state index >= 15 is 0 Å². The fourth-order valence-electron chi connectivity index (χ4n) is 3.68. The Labute approximate surface area is 163 Å². The first kappa shape index (κ1) is 18.5. The molecule has 0 radical (unpaired) electrons. The molecule has 28 heavy (non-hydrogen) atoms. The van der Waals surface area contributed by atoms with Crippen LogP contribution in [0.3, 0.4) is 0 Å². The highest BCUT2D eigenvalue weighted by Crippen LogP contribution is 2.32. The van der Waals surface area contributed by atoms with E-state index in [9.17, 15) is 14.4 Å². The Morgan fingerprint density at radius 1 is 1.07 bits per heavy atom. The Morgan fingerprint density at radius 3 is 2.61 bits per heavy atom. The minimum atomic E-state index is -0.366. The van der Waals surface area contributed by atoms with E-state index in [0.29, 0.717) is 32.5 Å². The number of piperazine rings is 1. The number of hydrogen-bond donors (Lipinski definition) is 1. The van der Waals surface area contributed by atoms with Crippen molar-refractivity contribution >= 4 is 17.8 Å². The molecular weight excluding hydrogens is 364 g/mol. The van der Waals surface area contributed by atoms with Crippen molar-refractivity contribution in [2.24, 2.45) is 0 Å². The minimum Gasteiger partial charge on any atom is -0.454 e. The summed E-state index contributed by atoms with van der Waals surface area (Å²) < 4.78 is 10.8. The van der Waals surface area contributed by atoms with Gasteiger partial charge in [0.1, 0.15) is 0 Å². The smallest absolute Gasteiger partial charge is 0.324 e. The SMILES string of the molecule is O=C(CCCN1C(=O)CNC1=O)N1CCN(Cc2ccc3c(c2)OCO3)CC1. The molecule has 1 aromatic carbocycles. The average molecular weight is 388 g/mol. The molecule has 9 heteroatoms. The largest absolute Gasteiger partial charge is 0.454 e. The van der Waals surface area contributed by atoms with Crippen molar-refractivity contribution in [2.75, 3.05) is 46.1 Å². The van der Waals surface area contributed by atoms with Gasteiger partial charge in [0, 0.05) is 45.7 Å². The molecule has 0 aromatic heterocycles. The van der Waals surface area contributed by atoms with Crippen molar-refractivity contribution in [3.05, 3.63) is 23.8 Å². The number of benzene rings is 1. The highest BCUT2D eigenvalue weighted by molar-refractivity contribution is 6.01. The summed E-state index contributed by atoms with van der Waals surface area (Å²) in [5, 5.41) is 2.48. The van der Waals surface area contributed by atoms with Crippen LogP contribution in [-0.2, 0) is 16.1 Å². The van der Waals surface area contributed by atoms with Crippen LogP contribution in [0, 0.1) is 0 Å². The fourth-order valence-corrected chi connectivity index (χ4v) is 3.68. The van der Waals surface area contributed by atoms with Crippen LogP contribution in [0.2, 0.25) is 0 Å². The molecule has 0 bridgehead atoms. The third-order valence-electron chi connectivity index (χ3n) is 5.28. The van der Waals surface area contributed by atoms with Crippen LogP contribution in [0.15, 0.2) is 18.2 Å². The number of nitrogens with zero attached hydrogens (tertiary/aromatic N) is 3. The molecule has 1 N–H and O–H groups in total. The van der Waals surface area contributed by atoms with Crippen LogP contribution in [0.5, 0.6) is 11.5 Å². The molecule has 1 aromatic rings. The molecule has 2 saturated heterocycles. The molecule has 0 atom stereocenters. The first-order chi connectivity index (χ1) is 13.6. The molecule has 0 saturated carbocycles. The number of hydrogen-bond acceptors (Lipinski definition) is 6. The van der Waals surface area contributed by atoms with Crippen molar-refractivity contribution < 1.29 is 23.9 Å². The van der Waals surface area contributed by atoms with E-state index in [0.717, 1.165) is 36.7 Å². The number of fused-ring (bicyclic) bond motifs is 1. The molecule has 0 aliphatic carbocycles. The van der Waals surface area contributed by atoms with Crippen LogP contribution in [0.25, 0.3) is 0 Å². The predicted molar refractivity (Wildman–Crippen MR) is 98.8 cm³/mol. The van der Waals surface area contributed by atoms with Gasteiger partial charge in [-0.15, -0.1) is 0 Å². The van der Waals surface area contributed by atoms with Gasteiger partial charge in [0.15, 0.2) is 11.5 Å². The van der Waals surface area contributed by atoms with E-state index in [2.05, 4.69) is 10.2 Å². The zero-order valence-corrected chi connectivity index (χ0v) is 15.7. The van der Waals surface area contributed by atoms with Crippen molar-refractivity contribution in [3.8, 4) is 11.5 Å². The standard InChI is InChI=1S/C19H24N4O5/c24-17(2-1-5-23-18(25)11-20-19(23)26)22-8-6-21(7-9-22)12-14-3-4-15-16(10-14)28-13-27-15/h3-4,10H,1-2,5-9,11-13H2,(H,20,26). The molecule has 0 unspecified atom stereocenters. The lowest BCUT2D eigenvalue weighted by Gasteiger charge is -2.35. The molecular formula is C19H24N4O5. The molecule has 4 amide bonds.